The molecular weight excluding hydrogens is 492 g/mol. The van der Waals surface area contributed by atoms with Gasteiger partial charge in [-0.2, -0.15) is 23.0 Å². The molecule has 196 valence electrons. The van der Waals surface area contributed by atoms with Gasteiger partial charge < -0.3 is 20.0 Å². The zero-order valence-electron chi connectivity index (χ0n) is 20.1. The highest BCUT2D eigenvalue weighted by atomic mass is 19.4. The van der Waals surface area contributed by atoms with Gasteiger partial charge in [-0.15, -0.1) is 0 Å². The molecule has 37 heavy (non-hydrogen) atoms. The van der Waals surface area contributed by atoms with E-state index in [9.17, 15) is 32.6 Å². The predicted octanol–water partition coefficient (Wildman–Crippen LogP) is 3.15. The first-order valence-corrected chi connectivity index (χ1v) is 12.0. The third kappa shape index (κ3) is 4.46. The summed E-state index contributed by atoms with van der Waals surface area (Å²) in [7, 11) is 0. The van der Waals surface area contributed by atoms with Gasteiger partial charge in [0.15, 0.2) is 0 Å². The molecule has 0 atom stereocenters. The van der Waals surface area contributed by atoms with E-state index in [0.29, 0.717) is 54.1 Å². The Kier molecular flexibility index (Phi) is 6.45. The van der Waals surface area contributed by atoms with Crippen molar-refractivity contribution in [1.82, 2.24) is 9.78 Å². The van der Waals surface area contributed by atoms with E-state index < -0.39 is 28.8 Å². The summed E-state index contributed by atoms with van der Waals surface area (Å²) in [5.74, 6) is -0.398. The van der Waals surface area contributed by atoms with Crippen LogP contribution in [0, 0.1) is 18.7 Å². The molecule has 7 nitrogen and oxygen atoms in total. The molecule has 1 fully saturated rings. The summed E-state index contributed by atoms with van der Waals surface area (Å²) in [5.41, 5.74) is 0.178. The summed E-state index contributed by atoms with van der Waals surface area (Å²) in [6.45, 7) is 2.82. The Morgan fingerprint density at radius 2 is 1.86 bits per heavy atom. The van der Waals surface area contributed by atoms with Gasteiger partial charge in [-0.05, 0) is 55.3 Å². The van der Waals surface area contributed by atoms with Gasteiger partial charge in [0, 0.05) is 55.5 Å². The van der Waals surface area contributed by atoms with Crippen molar-refractivity contribution in [3.8, 4) is 16.9 Å². The first-order valence-electron chi connectivity index (χ1n) is 12.0. The largest absolute Gasteiger partial charge is 0.418 e. The lowest BCUT2D eigenvalue weighted by Gasteiger charge is -2.40. The van der Waals surface area contributed by atoms with E-state index in [1.807, 2.05) is 4.90 Å². The molecule has 0 saturated carbocycles. The van der Waals surface area contributed by atoms with Crippen LogP contribution in [0.3, 0.4) is 0 Å². The number of aliphatic hydroxyl groups is 2. The summed E-state index contributed by atoms with van der Waals surface area (Å²) >= 11 is 0. The highest BCUT2D eigenvalue weighted by Crippen LogP contribution is 2.38. The second-order valence-corrected chi connectivity index (χ2v) is 9.47. The Labute approximate surface area is 210 Å². The van der Waals surface area contributed by atoms with Crippen LogP contribution in [-0.2, 0) is 12.6 Å². The fourth-order valence-corrected chi connectivity index (χ4v) is 5.03. The van der Waals surface area contributed by atoms with Crippen LogP contribution >= 0.6 is 0 Å². The SMILES string of the molecule is Cc1cc(-c2nn(-c3cc(N4CC(CO)C4)ccc3C(F)(F)F)c(=O)c3c2CCN3CCO)ccc1F. The Hall–Kier alpha value is -3.44. The van der Waals surface area contributed by atoms with Gasteiger partial charge in [-0.1, -0.05) is 0 Å². The van der Waals surface area contributed by atoms with E-state index in [2.05, 4.69) is 5.10 Å². The minimum Gasteiger partial charge on any atom is -0.396 e. The number of hydrogen-bond donors (Lipinski definition) is 2. The van der Waals surface area contributed by atoms with Crippen LogP contribution in [0.4, 0.5) is 28.9 Å². The summed E-state index contributed by atoms with van der Waals surface area (Å²) < 4.78 is 57.2. The molecule has 3 heterocycles. The number of rotatable bonds is 6. The molecule has 1 aromatic heterocycles. The van der Waals surface area contributed by atoms with Crippen molar-refractivity contribution < 1.29 is 27.8 Å². The van der Waals surface area contributed by atoms with Crippen LogP contribution < -0.4 is 15.4 Å². The second-order valence-electron chi connectivity index (χ2n) is 9.47. The molecule has 0 aliphatic carbocycles. The van der Waals surface area contributed by atoms with E-state index >= 15 is 0 Å². The lowest BCUT2D eigenvalue weighted by atomic mass is 9.99. The van der Waals surface area contributed by atoms with Gasteiger partial charge in [0.05, 0.1) is 23.6 Å². The molecule has 0 radical (unpaired) electrons. The van der Waals surface area contributed by atoms with Crippen molar-refractivity contribution in [3.63, 3.8) is 0 Å². The lowest BCUT2D eigenvalue weighted by molar-refractivity contribution is -0.137. The Bertz CT molecular complexity index is 1400. The number of aliphatic hydroxyl groups excluding tert-OH is 2. The average Bonchev–Trinajstić information content (AvgIpc) is 3.24. The Morgan fingerprint density at radius 1 is 1.11 bits per heavy atom. The quantitative estimate of drug-likeness (QED) is 0.488. The molecule has 2 aliphatic heterocycles. The van der Waals surface area contributed by atoms with Crippen molar-refractivity contribution in [2.24, 2.45) is 5.92 Å². The van der Waals surface area contributed by atoms with Crippen molar-refractivity contribution in [2.75, 3.05) is 49.2 Å². The van der Waals surface area contributed by atoms with Crippen molar-refractivity contribution >= 4 is 11.4 Å². The molecule has 0 bridgehead atoms. The fourth-order valence-electron chi connectivity index (χ4n) is 5.03. The Balaban J connectivity index is 1.75. The van der Waals surface area contributed by atoms with E-state index in [1.54, 1.807) is 17.9 Å². The minimum absolute atomic E-state index is 0.0169. The number of benzene rings is 2. The van der Waals surface area contributed by atoms with Gasteiger partial charge >= 0.3 is 6.18 Å². The average molecular weight is 519 g/mol. The molecule has 0 amide bonds. The Morgan fingerprint density at radius 3 is 2.51 bits per heavy atom. The molecule has 2 aliphatic rings. The number of halogens is 4. The second kappa shape index (κ2) is 9.46. The van der Waals surface area contributed by atoms with Crippen molar-refractivity contribution in [1.29, 1.82) is 0 Å². The fraction of sp³-hybridized carbons (Fsp3) is 0.385. The number of nitrogens with zero attached hydrogens (tertiary/aromatic N) is 4. The maximum atomic E-state index is 14.1. The molecule has 1 saturated heterocycles. The summed E-state index contributed by atoms with van der Waals surface area (Å²) in [4.78, 5) is 17.2. The number of β-amino-alcohol motifs (C(OH)–C–C–N with tert-alkyl or cyclic N) is 1. The predicted molar refractivity (Wildman–Crippen MR) is 131 cm³/mol. The molecule has 2 aromatic carbocycles. The third-order valence-electron chi connectivity index (χ3n) is 7.01. The van der Waals surface area contributed by atoms with Gasteiger partial charge in [0.2, 0.25) is 0 Å². The number of aryl methyl sites for hydroxylation is 1. The number of anilines is 2. The summed E-state index contributed by atoms with van der Waals surface area (Å²) in [5, 5.41) is 23.3. The van der Waals surface area contributed by atoms with E-state index in [1.165, 1.54) is 24.3 Å². The van der Waals surface area contributed by atoms with Crippen molar-refractivity contribution in [2.45, 2.75) is 19.5 Å². The summed E-state index contributed by atoms with van der Waals surface area (Å²) in [6, 6.07) is 7.88. The molecule has 0 unspecified atom stereocenters. The highest BCUT2D eigenvalue weighted by Gasteiger charge is 2.37. The molecular formula is C26H26F4N4O3. The van der Waals surface area contributed by atoms with Crippen LogP contribution in [0.1, 0.15) is 16.7 Å². The standard InChI is InChI=1S/C26H26F4N4O3/c1-15-10-17(2-5-21(15)27)23-19-6-7-32(8-9-35)24(19)25(37)34(31-23)22-11-18(33-12-16(13-33)14-36)3-4-20(22)26(28,29)30/h2-5,10-11,16,35-36H,6-9,12-14H2,1H3. The normalized spacial score (nSPS) is 15.8. The zero-order valence-corrected chi connectivity index (χ0v) is 20.1. The van der Waals surface area contributed by atoms with Crippen LogP contribution in [0.15, 0.2) is 41.2 Å². The van der Waals surface area contributed by atoms with Crippen LogP contribution in [0.2, 0.25) is 0 Å². The molecule has 5 rings (SSSR count). The van der Waals surface area contributed by atoms with Crippen LogP contribution in [-0.4, -0.2) is 59.4 Å². The van der Waals surface area contributed by atoms with Crippen LogP contribution in [0.25, 0.3) is 16.9 Å². The number of alkyl halides is 3. The zero-order chi connectivity index (χ0) is 26.5. The first-order chi connectivity index (χ1) is 17.6. The maximum absolute atomic E-state index is 14.1. The van der Waals surface area contributed by atoms with Gasteiger partial charge in [-0.3, -0.25) is 4.79 Å². The van der Waals surface area contributed by atoms with Gasteiger partial charge in [0.25, 0.3) is 5.56 Å². The molecule has 3 aromatic rings. The minimum atomic E-state index is -4.76. The maximum Gasteiger partial charge on any atom is 0.418 e. The van der Waals surface area contributed by atoms with Crippen LogP contribution in [0.5, 0.6) is 0 Å². The lowest BCUT2D eigenvalue weighted by Crippen LogP contribution is -2.48. The third-order valence-corrected chi connectivity index (χ3v) is 7.01. The number of aromatic nitrogens is 2. The van der Waals surface area contributed by atoms with E-state index in [0.717, 1.165) is 10.7 Å². The molecule has 0 spiro atoms. The topological polar surface area (TPSA) is 81.8 Å². The number of hydrogen-bond acceptors (Lipinski definition) is 6. The number of fused-ring (bicyclic) bond motifs is 1. The smallest absolute Gasteiger partial charge is 0.396 e. The van der Waals surface area contributed by atoms with Crippen molar-refractivity contribution in [3.05, 3.63) is 69.3 Å². The summed E-state index contributed by atoms with van der Waals surface area (Å²) in [6.07, 6.45) is -4.35. The highest BCUT2D eigenvalue weighted by molar-refractivity contribution is 5.73. The van der Waals surface area contributed by atoms with E-state index in [4.69, 9.17) is 0 Å². The molecule has 2 N–H and O–H groups in total. The molecule has 11 heteroatoms. The van der Waals surface area contributed by atoms with Gasteiger partial charge in [0.1, 0.15) is 11.5 Å². The monoisotopic (exact) mass is 518 g/mol. The first kappa shape index (κ1) is 25.2. The van der Waals surface area contributed by atoms with E-state index in [-0.39, 0.29) is 31.4 Å². The van der Waals surface area contributed by atoms with Gasteiger partial charge in [-0.25, -0.2) is 4.39 Å².